The fraction of sp³-hybridized carbons (Fsp3) is 0.0625. The molecule has 0 saturated heterocycles. The number of benzene rings is 4. The van der Waals surface area contributed by atoms with Gasteiger partial charge < -0.3 is 18.6 Å². The lowest BCUT2D eigenvalue weighted by Gasteiger charge is -2.08. The fourth-order valence-corrected chi connectivity index (χ4v) is 4.08. The van der Waals surface area contributed by atoms with E-state index in [1.807, 2.05) is 36.4 Å². The van der Waals surface area contributed by atoms with Gasteiger partial charge in [-0.1, -0.05) is 48.5 Å². The molecule has 1 heterocycles. The number of allylic oxidation sites excluding steroid dienone is 1. The molecule has 0 fully saturated rings. The third kappa shape index (κ3) is 5.06. The van der Waals surface area contributed by atoms with Gasteiger partial charge in [-0.25, -0.2) is 4.79 Å². The van der Waals surface area contributed by atoms with Gasteiger partial charge in [0.2, 0.25) is 0 Å². The summed E-state index contributed by atoms with van der Waals surface area (Å²) < 4.78 is 22.5. The Morgan fingerprint density at radius 2 is 1.45 bits per heavy atom. The van der Waals surface area contributed by atoms with Crippen LogP contribution in [0.1, 0.15) is 26.3 Å². The molecule has 5 rings (SSSR count). The summed E-state index contributed by atoms with van der Waals surface area (Å²) in [6, 6.07) is 28.5. The van der Waals surface area contributed by atoms with Crippen molar-refractivity contribution in [1.29, 1.82) is 0 Å². The first-order valence-corrected chi connectivity index (χ1v) is 11.9. The Hall–Kier alpha value is -5.10. The fourth-order valence-electron chi connectivity index (χ4n) is 4.08. The number of hydrogen-bond acceptors (Lipinski definition) is 6. The number of ether oxygens (including phenoxy) is 3. The highest BCUT2D eigenvalue weighted by molar-refractivity contribution is 6.10. The van der Waals surface area contributed by atoms with Gasteiger partial charge in [0, 0.05) is 22.1 Å². The minimum atomic E-state index is -0.585. The van der Waals surface area contributed by atoms with Crippen molar-refractivity contribution >= 4 is 28.8 Å². The lowest BCUT2D eigenvalue weighted by Crippen LogP contribution is -2.10. The van der Waals surface area contributed by atoms with Gasteiger partial charge in [-0.05, 0) is 60.7 Å². The number of esters is 1. The van der Waals surface area contributed by atoms with Gasteiger partial charge in [0.05, 0.1) is 14.2 Å². The second-order valence-corrected chi connectivity index (χ2v) is 8.39. The largest absolute Gasteiger partial charge is 0.497 e. The normalized spacial score (nSPS) is 11.0. The Morgan fingerprint density at radius 3 is 2.18 bits per heavy atom. The Balaban J connectivity index is 1.48. The van der Waals surface area contributed by atoms with Gasteiger partial charge >= 0.3 is 5.97 Å². The maximum atomic E-state index is 13.6. The number of fused-ring (bicyclic) bond motifs is 1. The first-order chi connectivity index (χ1) is 18.6. The second-order valence-electron chi connectivity index (χ2n) is 8.39. The lowest BCUT2D eigenvalue weighted by molar-refractivity contribution is 0.0736. The summed E-state index contributed by atoms with van der Waals surface area (Å²) in [7, 11) is 3.13. The van der Waals surface area contributed by atoms with Crippen molar-refractivity contribution in [1.82, 2.24) is 0 Å². The van der Waals surface area contributed by atoms with Crippen LogP contribution in [-0.2, 0) is 0 Å². The molecule has 0 atom stereocenters. The quantitative estimate of drug-likeness (QED) is 0.0960. The zero-order valence-corrected chi connectivity index (χ0v) is 20.8. The highest BCUT2D eigenvalue weighted by Gasteiger charge is 2.25. The van der Waals surface area contributed by atoms with Crippen molar-refractivity contribution in [3.05, 3.63) is 120 Å². The Bertz CT molecular complexity index is 1630. The summed E-state index contributed by atoms with van der Waals surface area (Å²) in [5, 5.41) is 0.580. The summed E-state index contributed by atoms with van der Waals surface area (Å²) in [5.41, 5.74) is 2.66. The van der Waals surface area contributed by atoms with E-state index in [9.17, 15) is 9.59 Å². The molecule has 0 amide bonds. The van der Waals surface area contributed by atoms with Crippen molar-refractivity contribution in [3.8, 4) is 28.6 Å². The number of carbonyl (C=O) groups excluding carboxylic acids is 2. The van der Waals surface area contributed by atoms with E-state index >= 15 is 0 Å². The van der Waals surface area contributed by atoms with Crippen LogP contribution in [0.3, 0.4) is 0 Å². The third-order valence-electron chi connectivity index (χ3n) is 6.05. The van der Waals surface area contributed by atoms with Crippen molar-refractivity contribution in [2.45, 2.75) is 0 Å². The molecule has 0 radical (unpaired) electrons. The van der Waals surface area contributed by atoms with E-state index in [4.69, 9.17) is 18.6 Å². The molecule has 6 nitrogen and oxygen atoms in total. The Morgan fingerprint density at radius 1 is 0.763 bits per heavy atom. The summed E-state index contributed by atoms with van der Waals surface area (Å²) in [5.74, 6) is 1.20. The molecule has 38 heavy (non-hydrogen) atoms. The van der Waals surface area contributed by atoms with Crippen LogP contribution in [0.25, 0.3) is 28.4 Å². The Kier molecular flexibility index (Phi) is 7.04. The molecule has 0 unspecified atom stereocenters. The number of hydrogen-bond donors (Lipinski definition) is 0. The Labute approximate surface area is 219 Å². The van der Waals surface area contributed by atoms with Crippen LogP contribution in [0, 0.1) is 0 Å². The first kappa shape index (κ1) is 24.6. The molecule has 0 bridgehead atoms. The van der Waals surface area contributed by atoms with Crippen LogP contribution in [0.5, 0.6) is 17.2 Å². The van der Waals surface area contributed by atoms with E-state index in [0.717, 1.165) is 5.56 Å². The van der Waals surface area contributed by atoms with Gasteiger partial charge in [-0.2, -0.15) is 0 Å². The molecule has 1 aromatic heterocycles. The van der Waals surface area contributed by atoms with Crippen LogP contribution in [0.2, 0.25) is 0 Å². The van der Waals surface area contributed by atoms with E-state index in [2.05, 4.69) is 0 Å². The standard InChI is InChI=1S/C32H24O6/c1-35-24-15-12-21(13-16-24)27(33)18-14-22-8-6-7-11-28(22)38-32(34)30-26-20-25(36-2)17-19-29(26)37-31(30)23-9-4-3-5-10-23/h3-20H,1-2H3. The van der Waals surface area contributed by atoms with Crippen molar-refractivity contribution in [2.24, 2.45) is 0 Å². The SMILES string of the molecule is COc1ccc(C(=O)C=Cc2ccccc2OC(=O)c2c(-c3ccccc3)oc3ccc(OC)cc23)cc1. The number of para-hydroxylation sites is 1. The van der Waals surface area contributed by atoms with Gasteiger partial charge in [0.1, 0.15) is 34.2 Å². The predicted molar refractivity (Wildman–Crippen MR) is 146 cm³/mol. The molecule has 5 aromatic rings. The monoisotopic (exact) mass is 504 g/mol. The minimum absolute atomic E-state index is 0.187. The number of methoxy groups -OCH3 is 2. The maximum Gasteiger partial charge on any atom is 0.348 e. The molecule has 0 saturated carbocycles. The zero-order valence-electron chi connectivity index (χ0n) is 20.8. The average molecular weight is 505 g/mol. The van der Waals surface area contributed by atoms with Crippen LogP contribution in [-0.4, -0.2) is 26.0 Å². The van der Waals surface area contributed by atoms with Gasteiger partial charge in [-0.3, -0.25) is 4.79 Å². The highest BCUT2D eigenvalue weighted by atomic mass is 16.5. The molecule has 0 aliphatic rings. The molecule has 188 valence electrons. The van der Waals surface area contributed by atoms with E-state index in [0.29, 0.717) is 45.1 Å². The summed E-state index contributed by atoms with van der Waals surface area (Å²) in [6.45, 7) is 0. The average Bonchev–Trinajstić information content (AvgIpc) is 3.36. The summed E-state index contributed by atoms with van der Waals surface area (Å²) in [4.78, 5) is 26.3. The van der Waals surface area contributed by atoms with Gasteiger partial charge in [0.15, 0.2) is 5.78 Å². The number of rotatable bonds is 8. The number of ketones is 1. The van der Waals surface area contributed by atoms with Crippen molar-refractivity contribution < 1.29 is 28.2 Å². The van der Waals surface area contributed by atoms with Crippen molar-refractivity contribution in [3.63, 3.8) is 0 Å². The molecule has 0 aliphatic carbocycles. The third-order valence-corrected chi connectivity index (χ3v) is 6.05. The highest BCUT2D eigenvalue weighted by Crippen LogP contribution is 2.36. The molecule has 6 heteroatoms. The molecule has 0 N–H and O–H groups in total. The molecular formula is C32H24O6. The molecule has 0 aliphatic heterocycles. The second kappa shape index (κ2) is 10.9. The first-order valence-electron chi connectivity index (χ1n) is 11.9. The van der Waals surface area contributed by atoms with E-state index in [1.165, 1.54) is 6.08 Å². The molecule has 0 spiro atoms. The summed E-state index contributed by atoms with van der Waals surface area (Å²) >= 11 is 0. The zero-order chi connectivity index (χ0) is 26.5. The van der Waals surface area contributed by atoms with Crippen LogP contribution in [0.4, 0.5) is 0 Å². The number of carbonyl (C=O) groups is 2. The van der Waals surface area contributed by atoms with Crippen LogP contribution < -0.4 is 14.2 Å². The van der Waals surface area contributed by atoms with E-state index in [1.54, 1.807) is 81.0 Å². The predicted octanol–water partition coefficient (Wildman–Crippen LogP) is 7.23. The van der Waals surface area contributed by atoms with Crippen LogP contribution in [0.15, 0.2) is 108 Å². The van der Waals surface area contributed by atoms with E-state index in [-0.39, 0.29) is 11.3 Å². The van der Waals surface area contributed by atoms with E-state index < -0.39 is 5.97 Å². The topological polar surface area (TPSA) is 75.0 Å². The van der Waals surface area contributed by atoms with Crippen LogP contribution >= 0.6 is 0 Å². The smallest absolute Gasteiger partial charge is 0.348 e. The minimum Gasteiger partial charge on any atom is -0.497 e. The lowest BCUT2D eigenvalue weighted by atomic mass is 10.1. The van der Waals surface area contributed by atoms with Gasteiger partial charge in [0.25, 0.3) is 0 Å². The maximum absolute atomic E-state index is 13.6. The summed E-state index contributed by atoms with van der Waals surface area (Å²) in [6.07, 6.45) is 3.08. The van der Waals surface area contributed by atoms with Gasteiger partial charge in [-0.15, -0.1) is 0 Å². The number of furan rings is 1. The molecular weight excluding hydrogens is 480 g/mol. The molecule has 4 aromatic carbocycles. The van der Waals surface area contributed by atoms with Crippen molar-refractivity contribution in [2.75, 3.05) is 14.2 Å².